The third-order valence-electron chi connectivity index (χ3n) is 10.6. The first kappa shape index (κ1) is 28.3. The van der Waals surface area contributed by atoms with Gasteiger partial charge in [0.15, 0.2) is 34.4 Å². The molecule has 242 valence electrons. The molecule has 7 aromatic carbocycles. The lowest BCUT2D eigenvalue weighted by molar-refractivity contribution is -0.608. The third-order valence-corrected chi connectivity index (χ3v) is 10.6. The van der Waals surface area contributed by atoms with Gasteiger partial charge < -0.3 is 19.2 Å². The monoisotopic (exact) mass is 659 g/mol. The number of anilines is 3. The summed E-state index contributed by atoms with van der Waals surface area (Å²) in [5.74, 6) is 4.15. The van der Waals surface area contributed by atoms with Gasteiger partial charge >= 0.3 is 0 Å². The minimum absolute atomic E-state index is 0.0526. The zero-order valence-electron chi connectivity index (χ0n) is 27.8. The molecule has 5 heteroatoms. The average molecular weight is 660 g/mol. The van der Waals surface area contributed by atoms with Gasteiger partial charge in [0, 0.05) is 22.3 Å². The molecule has 3 aliphatic heterocycles. The van der Waals surface area contributed by atoms with E-state index in [0.717, 1.165) is 95.5 Å². The lowest BCUT2D eigenvalue weighted by Gasteiger charge is -2.38. The summed E-state index contributed by atoms with van der Waals surface area (Å²) in [4.78, 5) is 2.31. The maximum atomic E-state index is 6.83. The average Bonchev–Trinajstić information content (AvgIpc) is 3.55. The van der Waals surface area contributed by atoms with Gasteiger partial charge in [-0.1, -0.05) is 103 Å². The molecule has 8 aromatic rings. The van der Waals surface area contributed by atoms with E-state index in [1.807, 2.05) is 24.3 Å². The number of hydrogen-bond donors (Lipinski definition) is 1. The number of nitrogens with two attached hydrogens (primary N) is 1. The molecule has 0 saturated heterocycles. The second kappa shape index (κ2) is 10.7. The van der Waals surface area contributed by atoms with Crippen molar-refractivity contribution in [3.05, 3.63) is 174 Å². The Morgan fingerprint density at radius 2 is 1.31 bits per heavy atom. The Bertz CT molecular complexity index is 2760. The molecule has 0 radical (unpaired) electrons. The number of ether oxygens (including phenoxy) is 2. The van der Waals surface area contributed by atoms with Crippen molar-refractivity contribution in [1.29, 1.82) is 0 Å². The molecule has 4 heterocycles. The Morgan fingerprint density at radius 1 is 0.588 bits per heavy atom. The van der Waals surface area contributed by atoms with Gasteiger partial charge in [-0.3, -0.25) is 4.90 Å². The van der Waals surface area contributed by atoms with Crippen molar-refractivity contribution in [3.63, 3.8) is 0 Å². The fraction of sp³-hybridized carbons (Fsp3) is 0.0435. The largest absolute Gasteiger partial charge is 0.453 e. The molecular weight excluding hydrogens is 629 g/mol. The van der Waals surface area contributed by atoms with Crippen molar-refractivity contribution in [1.82, 2.24) is 0 Å². The highest BCUT2D eigenvalue weighted by Crippen LogP contribution is 2.61. The summed E-state index contributed by atoms with van der Waals surface area (Å²) in [7, 11) is 0. The number of quaternary nitrogens is 1. The standard InChI is InChI=1S/C46H30N2O3/c1-27-41(28-12-3-2-4-13-28)46-43(34-18-7-8-21-37(34)50-46)47-42(27)32-17-9-16-31(24-32)33-19-10-20-35-45(33)51-39-23-11-22-38-44(39)48(35)36-25-29-14-5-6-15-30(29)26-40(36)49-38/h2-26,42,47H,1H3/p+1. The maximum absolute atomic E-state index is 6.83. The zero-order chi connectivity index (χ0) is 33.6. The fourth-order valence-electron chi connectivity index (χ4n) is 8.24. The van der Waals surface area contributed by atoms with Gasteiger partial charge in [0.2, 0.25) is 0 Å². The van der Waals surface area contributed by atoms with Crippen LogP contribution in [-0.2, 0) is 0 Å². The molecule has 3 aliphatic rings. The molecule has 1 unspecified atom stereocenters. The van der Waals surface area contributed by atoms with Crippen LogP contribution in [0.5, 0.6) is 23.0 Å². The first-order valence-electron chi connectivity index (χ1n) is 17.4. The summed E-state index contributed by atoms with van der Waals surface area (Å²) in [5, 5.41) is 5.82. The van der Waals surface area contributed by atoms with Crippen LogP contribution in [0.25, 0.3) is 38.4 Å². The number of hydrogen-bond acceptors (Lipinski definition) is 4. The number of fused-ring (bicyclic) bond motifs is 8. The minimum Gasteiger partial charge on any atom is -0.453 e. The molecule has 2 N–H and O–H groups in total. The van der Waals surface area contributed by atoms with Crippen LogP contribution in [0.3, 0.4) is 0 Å². The molecule has 0 spiro atoms. The molecular formula is C46H31N2O3+. The van der Waals surface area contributed by atoms with Crippen LogP contribution in [0.4, 0.5) is 22.7 Å². The van der Waals surface area contributed by atoms with E-state index in [-0.39, 0.29) is 6.04 Å². The Balaban J connectivity index is 1.06. The Morgan fingerprint density at radius 3 is 2.20 bits per heavy atom. The number of para-hydroxylation sites is 3. The molecule has 1 atom stereocenters. The number of furan rings is 1. The van der Waals surface area contributed by atoms with Gasteiger partial charge in [0.1, 0.15) is 17.3 Å². The molecule has 5 nitrogen and oxygen atoms in total. The van der Waals surface area contributed by atoms with E-state index in [2.05, 4.69) is 145 Å². The van der Waals surface area contributed by atoms with Crippen molar-refractivity contribution in [2.75, 3.05) is 4.90 Å². The molecule has 1 aromatic heterocycles. The van der Waals surface area contributed by atoms with Crippen LogP contribution in [0.2, 0.25) is 0 Å². The molecule has 0 fully saturated rings. The Hall–Kier alpha value is -6.56. The smallest absolute Gasteiger partial charge is 0.196 e. The fourth-order valence-corrected chi connectivity index (χ4v) is 8.24. The predicted octanol–water partition coefficient (Wildman–Crippen LogP) is 11.7. The summed E-state index contributed by atoms with van der Waals surface area (Å²) >= 11 is 0. The van der Waals surface area contributed by atoms with E-state index >= 15 is 0 Å². The second-order valence-electron chi connectivity index (χ2n) is 13.5. The van der Waals surface area contributed by atoms with Crippen LogP contribution < -0.4 is 19.7 Å². The topological polar surface area (TPSA) is 51.5 Å². The molecule has 0 saturated carbocycles. The van der Waals surface area contributed by atoms with Crippen LogP contribution in [0.15, 0.2) is 162 Å². The normalized spacial score (nSPS) is 15.5. The van der Waals surface area contributed by atoms with E-state index in [4.69, 9.17) is 13.9 Å². The van der Waals surface area contributed by atoms with Crippen LogP contribution >= 0.6 is 0 Å². The second-order valence-corrected chi connectivity index (χ2v) is 13.5. The Kier molecular flexibility index (Phi) is 5.95. The van der Waals surface area contributed by atoms with Gasteiger partial charge in [-0.05, 0) is 77.4 Å². The van der Waals surface area contributed by atoms with Crippen LogP contribution in [-0.4, -0.2) is 0 Å². The van der Waals surface area contributed by atoms with Crippen LogP contribution in [0.1, 0.15) is 29.9 Å². The highest BCUT2D eigenvalue weighted by molar-refractivity contribution is 6.01. The van der Waals surface area contributed by atoms with E-state index in [0.29, 0.717) is 0 Å². The van der Waals surface area contributed by atoms with E-state index < -0.39 is 0 Å². The van der Waals surface area contributed by atoms with Gasteiger partial charge in [0.25, 0.3) is 0 Å². The molecule has 0 bridgehead atoms. The summed E-state index contributed by atoms with van der Waals surface area (Å²) in [6.07, 6.45) is 0. The summed E-state index contributed by atoms with van der Waals surface area (Å²) in [6.45, 7) is 2.24. The highest BCUT2D eigenvalue weighted by Gasteiger charge is 2.37. The van der Waals surface area contributed by atoms with Gasteiger partial charge in [-0.15, -0.1) is 0 Å². The Labute approximate surface area is 294 Å². The van der Waals surface area contributed by atoms with Crippen molar-refractivity contribution in [3.8, 4) is 34.1 Å². The third kappa shape index (κ3) is 4.19. The van der Waals surface area contributed by atoms with Crippen LogP contribution in [0, 0.1) is 0 Å². The lowest BCUT2D eigenvalue weighted by atomic mass is 9.86. The first-order valence-corrected chi connectivity index (χ1v) is 17.4. The first-order chi connectivity index (χ1) is 25.2. The van der Waals surface area contributed by atoms with Crippen molar-refractivity contribution in [2.24, 2.45) is 0 Å². The number of nitrogens with zero attached hydrogens (tertiary/aromatic N) is 1. The highest BCUT2D eigenvalue weighted by atomic mass is 16.5. The van der Waals surface area contributed by atoms with E-state index in [1.54, 1.807) is 0 Å². The zero-order valence-corrected chi connectivity index (χ0v) is 27.8. The maximum Gasteiger partial charge on any atom is 0.196 e. The molecule has 11 rings (SSSR count). The SMILES string of the molecule is CC1=C(c2ccccc2)c2oc3ccccc3c2[NH2+]C1c1cccc(-c2cccc3c2Oc2cccc4c2N3c2cc3ccccc3cc2O4)c1. The number of benzene rings is 7. The molecule has 0 amide bonds. The summed E-state index contributed by atoms with van der Waals surface area (Å²) in [5.41, 5.74) is 11.9. The van der Waals surface area contributed by atoms with Gasteiger partial charge in [-0.25, -0.2) is 0 Å². The minimum atomic E-state index is 0.0526. The van der Waals surface area contributed by atoms with E-state index in [9.17, 15) is 0 Å². The van der Waals surface area contributed by atoms with Gasteiger partial charge in [0.05, 0.1) is 16.8 Å². The van der Waals surface area contributed by atoms with Crippen molar-refractivity contribution < 1.29 is 19.2 Å². The van der Waals surface area contributed by atoms with Crippen molar-refractivity contribution >= 4 is 50.1 Å². The summed E-state index contributed by atoms with van der Waals surface area (Å²) in [6, 6.07) is 53.2. The van der Waals surface area contributed by atoms with Crippen molar-refractivity contribution in [2.45, 2.75) is 13.0 Å². The molecule has 51 heavy (non-hydrogen) atoms. The lowest BCUT2D eigenvalue weighted by Crippen LogP contribution is -2.80. The molecule has 0 aliphatic carbocycles. The quantitative estimate of drug-likeness (QED) is 0.205. The van der Waals surface area contributed by atoms with E-state index in [1.165, 1.54) is 11.1 Å². The van der Waals surface area contributed by atoms with Gasteiger partial charge in [-0.2, -0.15) is 0 Å². The summed E-state index contributed by atoms with van der Waals surface area (Å²) < 4.78 is 19.9. The number of rotatable bonds is 3. The predicted molar refractivity (Wildman–Crippen MR) is 203 cm³/mol.